The van der Waals surface area contributed by atoms with Crippen LogP contribution < -0.4 is 5.32 Å². The van der Waals surface area contributed by atoms with E-state index in [0.29, 0.717) is 0 Å². The van der Waals surface area contributed by atoms with Gasteiger partial charge < -0.3 is 5.32 Å². The minimum absolute atomic E-state index is 0.907. The Kier molecular flexibility index (Phi) is 2.66. The molecule has 0 aromatic heterocycles. The van der Waals surface area contributed by atoms with E-state index in [1.807, 2.05) is 13.0 Å². The van der Waals surface area contributed by atoms with Gasteiger partial charge in [-0.05, 0) is 25.1 Å². The van der Waals surface area contributed by atoms with Crippen molar-refractivity contribution in [2.24, 2.45) is 4.99 Å². The maximum Gasteiger partial charge on any atom is 0.133 e. The quantitative estimate of drug-likeness (QED) is 0.604. The fraction of sp³-hybridized carbons (Fsp3) is 0.222. The lowest BCUT2D eigenvalue weighted by molar-refractivity contribution is 1.15. The van der Waals surface area contributed by atoms with E-state index in [2.05, 4.69) is 23.0 Å². The summed E-state index contributed by atoms with van der Waals surface area (Å²) in [6.07, 6.45) is 8.49. The molecule has 0 aromatic rings. The van der Waals surface area contributed by atoms with Gasteiger partial charge in [0.1, 0.15) is 5.84 Å². The molecule has 0 spiro atoms. The molecule has 0 amide bonds. The third-order valence-corrected chi connectivity index (χ3v) is 1.54. The molecule has 2 heteroatoms. The average Bonchev–Trinajstić information content (AvgIpc) is 2.06. The lowest BCUT2D eigenvalue weighted by Gasteiger charge is -2.10. The maximum atomic E-state index is 4.16. The van der Waals surface area contributed by atoms with Gasteiger partial charge in [-0.3, -0.25) is 0 Å². The first kappa shape index (κ1) is 7.79. The minimum Gasteiger partial charge on any atom is -0.347 e. The summed E-state index contributed by atoms with van der Waals surface area (Å²) in [4.78, 5) is 4.16. The van der Waals surface area contributed by atoms with Gasteiger partial charge in [0, 0.05) is 6.20 Å². The van der Waals surface area contributed by atoms with Crippen molar-refractivity contribution >= 4 is 5.84 Å². The fourth-order valence-corrected chi connectivity index (χ4v) is 0.968. The summed E-state index contributed by atoms with van der Waals surface area (Å²) in [5.74, 6) is 0.907. The van der Waals surface area contributed by atoms with E-state index in [0.717, 1.165) is 12.3 Å². The Labute approximate surface area is 67.0 Å². The van der Waals surface area contributed by atoms with Crippen LogP contribution in [-0.4, -0.2) is 5.84 Å². The molecule has 1 aliphatic rings. The second-order valence-corrected chi connectivity index (χ2v) is 2.23. The largest absolute Gasteiger partial charge is 0.347 e. The zero-order valence-corrected chi connectivity index (χ0v) is 6.67. The van der Waals surface area contributed by atoms with Gasteiger partial charge in [0.2, 0.25) is 0 Å². The van der Waals surface area contributed by atoms with E-state index in [1.54, 1.807) is 12.4 Å². The smallest absolute Gasteiger partial charge is 0.133 e. The molecule has 2 nitrogen and oxygen atoms in total. The van der Waals surface area contributed by atoms with Crippen LogP contribution in [0.1, 0.15) is 13.3 Å². The van der Waals surface area contributed by atoms with E-state index >= 15 is 0 Å². The van der Waals surface area contributed by atoms with Crippen molar-refractivity contribution in [1.29, 1.82) is 0 Å². The standard InChI is InChI=1S/C9H12N2/c1-3-8-6-5-7-11-9(8)10-4-2/h3-5,7H,2,6H2,1H3,(H,10,11)/b8-3-. The summed E-state index contributed by atoms with van der Waals surface area (Å²) in [5.41, 5.74) is 1.22. The van der Waals surface area contributed by atoms with Crippen LogP contribution >= 0.6 is 0 Å². The SMILES string of the molecule is C=CNC1=NC=CC/C1=C/C. The predicted octanol–water partition coefficient (Wildman–Crippen LogP) is 1.98. The fourth-order valence-electron chi connectivity index (χ4n) is 0.968. The van der Waals surface area contributed by atoms with E-state index < -0.39 is 0 Å². The van der Waals surface area contributed by atoms with Crippen molar-refractivity contribution in [2.45, 2.75) is 13.3 Å². The molecule has 0 saturated heterocycles. The second kappa shape index (κ2) is 3.76. The number of hydrogen-bond acceptors (Lipinski definition) is 2. The van der Waals surface area contributed by atoms with Gasteiger partial charge in [-0.2, -0.15) is 0 Å². The Balaban J connectivity index is 2.78. The number of allylic oxidation sites excluding steroid dienone is 2. The molecule has 11 heavy (non-hydrogen) atoms. The highest BCUT2D eigenvalue weighted by Gasteiger charge is 2.04. The van der Waals surface area contributed by atoms with Gasteiger partial charge in [-0.25, -0.2) is 4.99 Å². The zero-order valence-electron chi connectivity index (χ0n) is 6.67. The van der Waals surface area contributed by atoms with Gasteiger partial charge in [0.05, 0.1) is 0 Å². The zero-order chi connectivity index (χ0) is 8.10. The van der Waals surface area contributed by atoms with Crippen molar-refractivity contribution in [3.63, 3.8) is 0 Å². The normalized spacial score (nSPS) is 19.7. The summed E-state index contributed by atoms with van der Waals surface area (Å²) in [6.45, 7) is 5.59. The Morgan fingerprint density at radius 3 is 3.18 bits per heavy atom. The number of amidine groups is 1. The molecule has 0 aromatic carbocycles. The van der Waals surface area contributed by atoms with Crippen LogP contribution in [0.2, 0.25) is 0 Å². The highest BCUT2D eigenvalue weighted by molar-refractivity contribution is 6.00. The average molecular weight is 148 g/mol. The van der Waals surface area contributed by atoms with Crippen molar-refractivity contribution in [2.75, 3.05) is 0 Å². The van der Waals surface area contributed by atoms with Crippen LogP contribution in [0.15, 0.2) is 41.7 Å². The molecule has 0 unspecified atom stereocenters. The molecular weight excluding hydrogens is 136 g/mol. The van der Waals surface area contributed by atoms with Crippen LogP contribution in [0.4, 0.5) is 0 Å². The minimum atomic E-state index is 0.907. The maximum absolute atomic E-state index is 4.16. The number of hydrogen-bond donors (Lipinski definition) is 1. The second-order valence-electron chi connectivity index (χ2n) is 2.23. The van der Waals surface area contributed by atoms with Crippen molar-refractivity contribution < 1.29 is 0 Å². The number of nitrogens with zero attached hydrogens (tertiary/aromatic N) is 1. The molecule has 1 rings (SSSR count). The van der Waals surface area contributed by atoms with E-state index in [1.165, 1.54) is 5.57 Å². The summed E-state index contributed by atoms with van der Waals surface area (Å²) in [5, 5.41) is 2.98. The summed E-state index contributed by atoms with van der Waals surface area (Å²) in [7, 11) is 0. The number of aliphatic imine (C=N–C) groups is 1. The third-order valence-electron chi connectivity index (χ3n) is 1.54. The third kappa shape index (κ3) is 1.80. The Morgan fingerprint density at radius 1 is 1.73 bits per heavy atom. The first-order chi connectivity index (χ1) is 5.38. The van der Waals surface area contributed by atoms with Gasteiger partial charge in [0.15, 0.2) is 0 Å². The van der Waals surface area contributed by atoms with Gasteiger partial charge in [0.25, 0.3) is 0 Å². The lowest BCUT2D eigenvalue weighted by Crippen LogP contribution is -2.20. The Morgan fingerprint density at radius 2 is 2.55 bits per heavy atom. The van der Waals surface area contributed by atoms with E-state index in [-0.39, 0.29) is 0 Å². The van der Waals surface area contributed by atoms with Crippen LogP contribution in [0.3, 0.4) is 0 Å². The topological polar surface area (TPSA) is 24.4 Å². The predicted molar refractivity (Wildman–Crippen MR) is 48.3 cm³/mol. The molecular formula is C9H12N2. The molecule has 0 atom stereocenters. The van der Waals surface area contributed by atoms with Gasteiger partial charge in [-0.1, -0.05) is 18.7 Å². The van der Waals surface area contributed by atoms with Crippen LogP contribution in [-0.2, 0) is 0 Å². The molecule has 0 aliphatic carbocycles. The lowest BCUT2D eigenvalue weighted by atomic mass is 10.1. The summed E-state index contributed by atoms with van der Waals surface area (Å²) < 4.78 is 0. The molecule has 0 radical (unpaired) electrons. The van der Waals surface area contributed by atoms with Gasteiger partial charge in [-0.15, -0.1) is 0 Å². The number of rotatable bonds is 1. The van der Waals surface area contributed by atoms with E-state index in [9.17, 15) is 0 Å². The van der Waals surface area contributed by atoms with Crippen LogP contribution in [0, 0.1) is 0 Å². The van der Waals surface area contributed by atoms with Crippen LogP contribution in [0.25, 0.3) is 0 Å². The molecule has 1 aliphatic heterocycles. The van der Waals surface area contributed by atoms with Crippen molar-refractivity contribution in [3.8, 4) is 0 Å². The highest BCUT2D eigenvalue weighted by atomic mass is 15.0. The first-order valence-electron chi connectivity index (χ1n) is 3.64. The summed E-state index contributed by atoms with van der Waals surface area (Å²) in [6, 6.07) is 0. The first-order valence-corrected chi connectivity index (χ1v) is 3.64. The molecule has 1 heterocycles. The Hall–Kier alpha value is -1.31. The Bertz CT molecular complexity index is 234. The van der Waals surface area contributed by atoms with Crippen molar-refractivity contribution in [1.82, 2.24) is 5.32 Å². The molecule has 58 valence electrons. The molecule has 1 N–H and O–H groups in total. The molecule has 0 fully saturated rings. The van der Waals surface area contributed by atoms with Crippen molar-refractivity contribution in [3.05, 3.63) is 36.7 Å². The monoisotopic (exact) mass is 148 g/mol. The highest BCUT2D eigenvalue weighted by Crippen LogP contribution is 2.08. The van der Waals surface area contributed by atoms with Gasteiger partial charge >= 0.3 is 0 Å². The van der Waals surface area contributed by atoms with E-state index in [4.69, 9.17) is 0 Å². The summed E-state index contributed by atoms with van der Waals surface area (Å²) >= 11 is 0. The van der Waals surface area contributed by atoms with Crippen LogP contribution in [0.5, 0.6) is 0 Å². The molecule has 0 saturated carbocycles. The number of nitrogens with one attached hydrogen (secondary N) is 1. The molecule has 0 bridgehead atoms.